The number of nitrogens with zero attached hydrogens (tertiary/aromatic N) is 1. The van der Waals surface area contributed by atoms with Gasteiger partial charge in [-0.05, 0) is 43.3 Å². The fourth-order valence-corrected chi connectivity index (χ4v) is 2.16. The summed E-state index contributed by atoms with van der Waals surface area (Å²) in [7, 11) is 0. The van der Waals surface area contributed by atoms with Gasteiger partial charge in [0.25, 0.3) is 5.91 Å². The minimum atomic E-state index is -0.430. The number of rotatable bonds is 4. The minimum absolute atomic E-state index is 0.0415. The largest absolute Gasteiger partial charge is 0.508 e. The van der Waals surface area contributed by atoms with Crippen LogP contribution in [0, 0.1) is 0 Å². The molecule has 0 aliphatic carbocycles. The van der Waals surface area contributed by atoms with Crippen LogP contribution >= 0.6 is 0 Å². The molecule has 6 heteroatoms. The van der Waals surface area contributed by atoms with Crippen LogP contribution in [-0.2, 0) is 0 Å². The van der Waals surface area contributed by atoms with Crippen molar-refractivity contribution in [3.63, 3.8) is 0 Å². The summed E-state index contributed by atoms with van der Waals surface area (Å²) in [6.45, 7) is 1.48. The zero-order chi connectivity index (χ0) is 17.1. The van der Waals surface area contributed by atoms with Crippen LogP contribution in [0.1, 0.15) is 27.8 Å². The number of amides is 1. The Labute approximate surface area is 137 Å². The maximum atomic E-state index is 12.2. The van der Waals surface area contributed by atoms with E-state index in [1.165, 1.54) is 25.1 Å². The third-order valence-electron chi connectivity index (χ3n) is 3.42. The molecular weight excluding hydrogens is 308 g/mol. The summed E-state index contributed by atoms with van der Waals surface area (Å²) in [6, 6.07) is 14.5. The van der Waals surface area contributed by atoms with Gasteiger partial charge in [0.15, 0.2) is 17.2 Å². The number of carbonyl (C=O) groups is 2. The van der Waals surface area contributed by atoms with Crippen molar-refractivity contribution in [1.82, 2.24) is 5.16 Å². The molecule has 6 nitrogen and oxygen atoms in total. The van der Waals surface area contributed by atoms with Crippen LogP contribution in [0.15, 0.2) is 59.1 Å². The molecule has 3 aromatic rings. The van der Waals surface area contributed by atoms with E-state index < -0.39 is 5.91 Å². The van der Waals surface area contributed by atoms with Gasteiger partial charge in [0, 0.05) is 22.9 Å². The number of benzene rings is 2. The van der Waals surface area contributed by atoms with Crippen molar-refractivity contribution < 1.29 is 19.2 Å². The van der Waals surface area contributed by atoms with Crippen molar-refractivity contribution in [1.29, 1.82) is 0 Å². The molecule has 0 saturated heterocycles. The van der Waals surface area contributed by atoms with E-state index in [0.717, 1.165) is 0 Å². The summed E-state index contributed by atoms with van der Waals surface area (Å²) in [4.78, 5) is 23.4. The van der Waals surface area contributed by atoms with Crippen LogP contribution in [0.25, 0.3) is 11.3 Å². The summed E-state index contributed by atoms with van der Waals surface area (Å²) in [6.07, 6.45) is 0. The lowest BCUT2D eigenvalue weighted by atomic mass is 10.1. The number of hydrogen-bond acceptors (Lipinski definition) is 5. The third kappa shape index (κ3) is 3.33. The molecule has 0 aliphatic rings. The Balaban J connectivity index is 1.75. The molecule has 120 valence electrons. The van der Waals surface area contributed by atoms with Gasteiger partial charge >= 0.3 is 0 Å². The molecule has 2 aromatic carbocycles. The lowest BCUT2D eigenvalue weighted by molar-refractivity contribution is 0.101. The Bertz CT molecular complexity index is 897. The van der Waals surface area contributed by atoms with E-state index in [9.17, 15) is 14.7 Å². The maximum absolute atomic E-state index is 12.2. The molecule has 0 atom stereocenters. The van der Waals surface area contributed by atoms with Gasteiger partial charge in [-0.15, -0.1) is 0 Å². The van der Waals surface area contributed by atoms with Crippen LogP contribution in [0.4, 0.5) is 5.69 Å². The van der Waals surface area contributed by atoms with Crippen molar-refractivity contribution >= 4 is 17.4 Å². The number of nitrogens with one attached hydrogen (secondary N) is 1. The highest BCUT2D eigenvalue weighted by Gasteiger charge is 2.14. The number of Topliss-reactive ketones (excluding diaryl/α,β-unsaturated/α-hetero) is 1. The summed E-state index contributed by atoms with van der Waals surface area (Å²) >= 11 is 0. The van der Waals surface area contributed by atoms with Crippen LogP contribution in [0.3, 0.4) is 0 Å². The van der Waals surface area contributed by atoms with Gasteiger partial charge in [-0.2, -0.15) is 0 Å². The number of hydrogen-bond donors (Lipinski definition) is 2. The molecule has 0 unspecified atom stereocenters. The zero-order valence-corrected chi connectivity index (χ0v) is 12.8. The van der Waals surface area contributed by atoms with E-state index in [1.54, 1.807) is 36.4 Å². The van der Waals surface area contributed by atoms with Crippen molar-refractivity contribution in [3.8, 4) is 17.1 Å². The monoisotopic (exact) mass is 322 g/mol. The van der Waals surface area contributed by atoms with Crippen LogP contribution in [0.5, 0.6) is 5.75 Å². The Hall–Kier alpha value is -3.41. The molecule has 1 heterocycles. The molecule has 24 heavy (non-hydrogen) atoms. The first-order valence-corrected chi connectivity index (χ1v) is 7.21. The van der Waals surface area contributed by atoms with Gasteiger partial charge in [-0.25, -0.2) is 0 Å². The number of aromatic nitrogens is 1. The van der Waals surface area contributed by atoms with Crippen molar-refractivity contribution in [3.05, 3.63) is 65.9 Å². The second kappa shape index (κ2) is 6.37. The summed E-state index contributed by atoms with van der Waals surface area (Å²) in [5.41, 5.74) is 1.85. The fraction of sp³-hybridized carbons (Fsp3) is 0.0556. The zero-order valence-electron chi connectivity index (χ0n) is 12.8. The molecular formula is C18H14N2O4. The van der Waals surface area contributed by atoms with Gasteiger partial charge in [0.2, 0.25) is 0 Å². The molecule has 0 fully saturated rings. The summed E-state index contributed by atoms with van der Waals surface area (Å²) in [5.74, 6) is 0.00398. The molecule has 2 N–H and O–H groups in total. The summed E-state index contributed by atoms with van der Waals surface area (Å²) < 4.78 is 5.15. The molecule has 1 aromatic heterocycles. The highest BCUT2D eigenvalue weighted by molar-refractivity contribution is 6.03. The van der Waals surface area contributed by atoms with E-state index >= 15 is 0 Å². The molecule has 0 spiro atoms. The summed E-state index contributed by atoms with van der Waals surface area (Å²) in [5, 5.41) is 15.9. The van der Waals surface area contributed by atoms with Crippen LogP contribution in [0.2, 0.25) is 0 Å². The highest BCUT2D eigenvalue weighted by atomic mass is 16.5. The maximum Gasteiger partial charge on any atom is 0.277 e. The first-order valence-electron chi connectivity index (χ1n) is 7.21. The predicted octanol–water partition coefficient (Wildman–Crippen LogP) is 3.50. The number of aromatic hydroxyl groups is 1. The Morgan fingerprint density at radius 2 is 1.83 bits per heavy atom. The number of phenolic OH excluding ortho intramolecular Hbond substituents is 1. The molecule has 1 amide bonds. The molecule has 0 radical (unpaired) electrons. The van der Waals surface area contributed by atoms with Gasteiger partial charge < -0.3 is 14.9 Å². The van der Waals surface area contributed by atoms with Gasteiger partial charge in [-0.1, -0.05) is 17.3 Å². The average Bonchev–Trinajstić information content (AvgIpc) is 3.05. The first-order chi connectivity index (χ1) is 11.5. The van der Waals surface area contributed by atoms with E-state index in [-0.39, 0.29) is 17.2 Å². The first kappa shape index (κ1) is 15.5. The van der Waals surface area contributed by atoms with Crippen molar-refractivity contribution in [2.24, 2.45) is 0 Å². The van der Waals surface area contributed by atoms with E-state index in [4.69, 9.17) is 4.52 Å². The molecule has 0 saturated carbocycles. The number of anilines is 1. The Morgan fingerprint density at radius 1 is 1.08 bits per heavy atom. The predicted molar refractivity (Wildman–Crippen MR) is 88.0 cm³/mol. The average molecular weight is 322 g/mol. The van der Waals surface area contributed by atoms with Gasteiger partial charge in [0.05, 0.1) is 0 Å². The minimum Gasteiger partial charge on any atom is -0.508 e. The molecule has 3 rings (SSSR count). The van der Waals surface area contributed by atoms with E-state index in [0.29, 0.717) is 22.6 Å². The van der Waals surface area contributed by atoms with Gasteiger partial charge in [0.1, 0.15) is 5.75 Å². The standard InChI is InChI=1S/C18H14N2O4/c1-11(21)12-5-7-14(8-6-12)19-18(23)16-10-17(24-20-16)13-3-2-4-15(22)9-13/h2-10,22H,1H3,(H,19,23). The number of ketones is 1. The quantitative estimate of drug-likeness (QED) is 0.717. The fourth-order valence-electron chi connectivity index (χ4n) is 2.16. The van der Waals surface area contributed by atoms with E-state index in [1.807, 2.05) is 0 Å². The Kier molecular flexibility index (Phi) is 4.11. The SMILES string of the molecule is CC(=O)c1ccc(NC(=O)c2cc(-c3cccc(O)c3)on2)cc1. The number of phenols is 1. The Morgan fingerprint density at radius 3 is 2.50 bits per heavy atom. The van der Waals surface area contributed by atoms with Crippen molar-refractivity contribution in [2.75, 3.05) is 5.32 Å². The second-order valence-electron chi connectivity index (χ2n) is 5.21. The topological polar surface area (TPSA) is 92.4 Å². The lowest BCUT2D eigenvalue weighted by Crippen LogP contribution is -2.12. The highest BCUT2D eigenvalue weighted by Crippen LogP contribution is 2.24. The normalized spacial score (nSPS) is 10.4. The second-order valence-corrected chi connectivity index (χ2v) is 5.21. The molecule has 0 aliphatic heterocycles. The third-order valence-corrected chi connectivity index (χ3v) is 3.42. The van der Waals surface area contributed by atoms with Gasteiger partial charge in [-0.3, -0.25) is 9.59 Å². The van der Waals surface area contributed by atoms with Crippen LogP contribution in [-0.4, -0.2) is 22.0 Å². The smallest absolute Gasteiger partial charge is 0.277 e. The van der Waals surface area contributed by atoms with Crippen LogP contribution < -0.4 is 5.32 Å². The number of carbonyl (C=O) groups excluding carboxylic acids is 2. The van der Waals surface area contributed by atoms with Crippen molar-refractivity contribution in [2.45, 2.75) is 6.92 Å². The lowest BCUT2D eigenvalue weighted by Gasteiger charge is -2.03. The van der Waals surface area contributed by atoms with E-state index in [2.05, 4.69) is 10.5 Å². The molecule has 0 bridgehead atoms.